The first-order valence-corrected chi connectivity index (χ1v) is 8.91. The van der Waals surface area contributed by atoms with Crippen LogP contribution in [0.25, 0.3) is 5.69 Å². The van der Waals surface area contributed by atoms with Gasteiger partial charge in [-0.2, -0.15) is 4.68 Å². The van der Waals surface area contributed by atoms with Crippen molar-refractivity contribution in [1.82, 2.24) is 25.5 Å². The van der Waals surface area contributed by atoms with E-state index in [1.54, 1.807) is 18.2 Å². The molecule has 0 spiro atoms. The van der Waals surface area contributed by atoms with Crippen molar-refractivity contribution in [1.29, 1.82) is 0 Å². The van der Waals surface area contributed by atoms with Crippen LogP contribution < -0.4 is 10.6 Å². The lowest BCUT2D eigenvalue weighted by Crippen LogP contribution is -2.31. The van der Waals surface area contributed by atoms with Crippen LogP contribution in [0.5, 0.6) is 0 Å². The largest absolute Gasteiger partial charge is 0.354 e. The van der Waals surface area contributed by atoms with Crippen LogP contribution in [0.15, 0.2) is 42.0 Å². The van der Waals surface area contributed by atoms with E-state index in [-0.39, 0.29) is 17.9 Å². The van der Waals surface area contributed by atoms with Crippen molar-refractivity contribution in [2.75, 3.05) is 5.32 Å². The Morgan fingerprint density at radius 2 is 1.96 bits per heavy atom. The third-order valence-electron chi connectivity index (χ3n) is 3.47. The first-order chi connectivity index (χ1) is 12.5. The minimum Gasteiger partial charge on any atom is -0.354 e. The average molecular weight is 370 g/mol. The van der Waals surface area contributed by atoms with Crippen LogP contribution in [0.1, 0.15) is 29.1 Å². The van der Waals surface area contributed by atoms with Crippen molar-refractivity contribution in [2.45, 2.75) is 26.3 Å². The number of aromatic nitrogens is 4. The lowest BCUT2D eigenvalue weighted by atomic mass is 10.1. The molecule has 0 radical (unpaired) electrons. The molecule has 2 N–H and O–H groups in total. The quantitative estimate of drug-likeness (QED) is 0.691. The number of tetrazole rings is 1. The Morgan fingerprint density at radius 1 is 1.19 bits per heavy atom. The summed E-state index contributed by atoms with van der Waals surface area (Å²) in [6.45, 7) is 3.84. The van der Waals surface area contributed by atoms with Crippen molar-refractivity contribution in [3.63, 3.8) is 0 Å². The van der Waals surface area contributed by atoms with Crippen molar-refractivity contribution in [3.05, 3.63) is 52.5 Å². The van der Waals surface area contributed by atoms with Gasteiger partial charge in [-0.1, -0.05) is 12.1 Å². The van der Waals surface area contributed by atoms with E-state index in [1.807, 2.05) is 31.4 Å². The van der Waals surface area contributed by atoms with Crippen molar-refractivity contribution in [2.24, 2.45) is 0 Å². The van der Waals surface area contributed by atoms with Gasteiger partial charge in [0, 0.05) is 11.7 Å². The summed E-state index contributed by atoms with van der Waals surface area (Å²) in [5.41, 5.74) is 2.16. The van der Waals surface area contributed by atoms with E-state index in [0.29, 0.717) is 22.7 Å². The SMILES string of the molecule is CC(C)NC(=O)Cc1ccc(NC(=O)c2sccc2-n2cnnn2)cc1. The molecule has 0 aliphatic heterocycles. The van der Waals surface area contributed by atoms with Crippen LogP contribution in [0.2, 0.25) is 0 Å². The minimum absolute atomic E-state index is 0.0264. The van der Waals surface area contributed by atoms with Crippen molar-refractivity contribution >= 4 is 28.8 Å². The highest BCUT2D eigenvalue weighted by atomic mass is 32.1. The van der Waals surface area contributed by atoms with Crippen LogP contribution in [0, 0.1) is 0 Å². The second kappa shape index (κ2) is 7.87. The molecule has 0 fully saturated rings. The van der Waals surface area contributed by atoms with Crippen molar-refractivity contribution < 1.29 is 9.59 Å². The van der Waals surface area contributed by atoms with Gasteiger partial charge in [0.15, 0.2) is 0 Å². The molecule has 3 aromatic rings. The fraction of sp³-hybridized carbons (Fsp3) is 0.235. The number of nitrogens with one attached hydrogen (secondary N) is 2. The molecule has 0 aliphatic rings. The van der Waals surface area contributed by atoms with Gasteiger partial charge in [-0.05, 0) is 53.4 Å². The number of carbonyl (C=O) groups excluding carboxylic acids is 2. The number of amides is 2. The molecule has 0 saturated carbocycles. The number of hydrogen-bond donors (Lipinski definition) is 2. The average Bonchev–Trinajstić information content (AvgIpc) is 3.26. The second-order valence-electron chi connectivity index (χ2n) is 5.94. The first kappa shape index (κ1) is 17.7. The molecule has 2 aromatic heterocycles. The number of anilines is 1. The smallest absolute Gasteiger partial charge is 0.267 e. The number of nitrogens with zero attached hydrogens (tertiary/aromatic N) is 4. The zero-order valence-corrected chi connectivity index (χ0v) is 15.2. The van der Waals surface area contributed by atoms with E-state index in [0.717, 1.165) is 5.56 Å². The summed E-state index contributed by atoms with van der Waals surface area (Å²) in [7, 11) is 0. The number of rotatable bonds is 6. The number of hydrogen-bond acceptors (Lipinski definition) is 6. The highest BCUT2D eigenvalue weighted by Crippen LogP contribution is 2.21. The van der Waals surface area contributed by atoms with Crippen LogP contribution >= 0.6 is 11.3 Å². The standard InChI is InChI=1S/C17H18N6O2S/c1-11(2)19-15(24)9-12-3-5-13(6-4-12)20-17(25)16-14(7-8-26-16)23-10-18-21-22-23/h3-8,10-11H,9H2,1-2H3,(H,19,24)(H,20,25). The summed E-state index contributed by atoms with van der Waals surface area (Å²) in [6, 6.07) is 9.10. The molecular weight excluding hydrogens is 352 g/mol. The Hall–Kier alpha value is -3.07. The molecule has 9 heteroatoms. The van der Waals surface area contributed by atoms with Gasteiger partial charge in [0.05, 0.1) is 12.1 Å². The highest BCUT2D eigenvalue weighted by molar-refractivity contribution is 7.12. The molecule has 1 aromatic carbocycles. The van der Waals surface area contributed by atoms with Crippen LogP contribution in [0.3, 0.4) is 0 Å². The molecule has 3 rings (SSSR count). The Bertz CT molecular complexity index is 886. The van der Waals surface area contributed by atoms with Gasteiger partial charge in [-0.25, -0.2) is 0 Å². The van der Waals surface area contributed by atoms with E-state index in [1.165, 1.54) is 22.3 Å². The molecule has 8 nitrogen and oxygen atoms in total. The molecule has 26 heavy (non-hydrogen) atoms. The summed E-state index contributed by atoms with van der Waals surface area (Å²) >= 11 is 1.31. The summed E-state index contributed by atoms with van der Waals surface area (Å²) in [6.07, 6.45) is 1.75. The Balaban J connectivity index is 1.66. The molecule has 134 valence electrons. The van der Waals surface area contributed by atoms with Crippen molar-refractivity contribution in [3.8, 4) is 5.69 Å². The molecule has 0 unspecified atom stereocenters. The molecule has 0 saturated heterocycles. The van der Waals surface area contributed by atoms with Gasteiger partial charge >= 0.3 is 0 Å². The molecule has 2 amide bonds. The third kappa shape index (κ3) is 4.31. The molecular formula is C17H18N6O2S. The van der Waals surface area contributed by atoms with Crippen LogP contribution in [0.4, 0.5) is 5.69 Å². The zero-order valence-electron chi connectivity index (χ0n) is 14.3. The Kier molecular flexibility index (Phi) is 5.37. The van der Waals surface area contributed by atoms with Crippen LogP contribution in [-0.4, -0.2) is 38.1 Å². The number of carbonyl (C=O) groups is 2. The van der Waals surface area contributed by atoms with Gasteiger partial charge in [0.25, 0.3) is 5.91 Å². The number of thiophene rings is 1. The van der Waals surface area contributed by atoms with Gasteiger partial charge in [0.1, 0.15) is 11.2 Å². The van der Waals surface area contributed by atoms with E-state index < -0.39 is 0 Å². The van der Waals surface area contributed by atoms with Gasteiger partial charge in [-0.15, -0.1) is 16.4 Å². The molecule has 0 atom stereocenters. The summed E-state index contributed by atoms with van der Waals surface area (Å²) in [5, 5.41) is 18.5. The van der Waals surface area contributed by atoms with E-state index in [4.69, 9.17) is 0 Å². The minimum atomic E-state index is -0.240. The van der Waals surface area contributed by atoms with Gasteiger partial charge in [0.2, 0.25) is 5.91 Å². The maximum absolute atomic E-state index is 12.5. The Labute approximate surface area is 154 Å². The highest BCUT2D eigenvalue weighted by Gasteiger charge is 2.16. The predicted molar refractivity (Wildman–Crippen MR) is 98.4 cm³/mol. The molecule has 2 heterocycles. The fourth-order valence-corrected chi connectivity index (χ4v) is 3.15. The number of benzene rings is 1. The first-order valence-electron chi connectivity index (χ1n) is 8.03. The Morgan fingerprint density at radius 3 is 2.62 bits per heavy atom. The second-order valence-corrected chi connectivity index (χ2v) is 6.86. The molecule has 0 bridgehead atoms. The van der Waals surface area contributed by atoms with E-state index in [2.05, 4.69) is 26.2 Å². The zero-order chi connectivity index (χ0) is 18.5. The normalized spacial score (nSPS) is 10.7. The predicted octanol–water partition coefficient (Wildman–Crippen LogP) is 2.04. The lowest BCUT2D eigenvalue weighted by Gasteiger charge is -2.09. The summed E-state index contributed by atoms with van der Waals surface area (Å²) < 4.78 is 1.45. The summed E-state index contributed by atoms with van der Waals surface area (Å²) in [4.78, 5) is 24.8. The van der Waals surface area contributed by atoms with Gasteiger partial charge < -0.3 is 10.6 Å². The maximum atomic E-state index is 12.5. The maximum Gasteiger partial charge on any atom is 0.267 e. The van der Waals surface area contributed by atoms with Gasteiger partial charge in [-0.3, -0.25) is 9.59 Å². The van der Waals surface area contributed by atoms with E-state index >= 15 is 0 Å². The third-order valence-corrected chi connectivity index (χ3v) is 4.38. The van der Waals surface area contributed by atoms with Crippen LogP contribution in [-0.2, 0) is 11.2 Å². The van der Waals surface area contributed by atoms with E-state index in [9.17, 15) is 9.59 Å². The fourth-order valence-electron chi connectivity index (χ4n) is 2.38. The topological polar surface area (TPSA) is 102 Å². The lowest BCUT2D eigenvalue weighted by molar-refractivity contribution is -0.120. The monoisotopic (exact) mass is 370 g/mol. The molecule has 0 aliphatic carbocycles. The summed E-state index contributed by atoms with van der Waals surface area (Å²) in [5.74, 6) is -0.266.